The minimum Gasteiger partial charge on any atom is -0.492 e. The fourth-order valence-electron chi connectivity index (χ4n) is 7.65. The highest BCUT2D eigenvalue weighted by molar-refractivity contribution is 8.07. The van der Waals surface area contributed by atoms with Crippen LogP contribution in [0.4, 0.5) is 0 Å². The number of rotatable bonds is 8. The summed E-state index contributed by atoms with van der Waals surface area (Å²) < 4.78 is 12.3. The van der Waals surface area contributed by atoms with Gasteiger partial charge in [0.2, 0.25) is 0 Å². The number of hydrogen-bond acceptors (Lipinski definition) is 4. The molecule has 2 aliphatic heterocycles. The SMILES string of the molecule is c1ccc2c(c1)-c1ccc3ccccc3c1C2(c1ccc2cc(OCC3CS3)ccc2c1)c1ccc2cc(OCC3CS3)ccc2c1. The predicted octanol–water partition coefficient (Wildman–Crippen LogP) is 10.5. The maximum absolute atomic E-state index is 6.15. The summed E-state index contributed by atoms with van der Waals surface area (Å²) in [5.74, 6) is 4.31. The Morgan fingerprint density at radius 1 is 0.511 bits per heavy atom. The van der Waals surface area contributed by atoms with Crippen LogP contribution in [-0.4, -0.2) is 35.2 Å². The Hall–Kier alpha value is -4.38. The smallest absolute Gasteiger partial charge is 0.119 e. The molecule has 2 unspecified atom stereocenters. The fraction of sp³-hybridized carbons (Fsp3) is 0.163. The molecule has 0 aromatic heterocycles. The molecular weight excluding hydrogens is 613 g/mol. The summed E-state index contributed by atoms with van der Waals surface area (Å²) >= 11 is 3.94. The first-order chi connectivity index (χ1) is 23.2. The summed E-state index contributed by atoms with van der Waals surface area (Å²) in [5.41, 5.74) is 7.34. The number of hydrogen-bond donors (Lipinski definition) is 0. The van der Waals surface area contributed by atoms with E-state index in [1.807, 2.05) is 23.5 Å². The molecular formula is C43H32O2S2. The molecule has 0 N–H and O–H groups in total. The van der Waals surface area contributed by atoms with Gasteiger partial charge >= 0.3 is 0 Å². The molecule has 0 bridgehead atoms. The van der Waals surface area contributed by atoms with Gasteiger partial charge in [0.05, 0.1) is 5.41 Å². The average molecular weight is 645 g/mol. The van der Waals surface area contributed by atoms with Gasteiger partial charge in [-0.05, 0) is 102 Å². The van der Waals surface area contributed by atoms with Gasteiger partial charge < -0.3 is 9.47 Å². The van der Waals surface area contributed by atoms with E-state index in [0.29, 0.717) is 10.5 Å². The zero-order chi connectivity index (χ0) is 31.0. The Bertz CT molecular complexity index is 2250. The molecule has 0 saturated carbocycles. The van der Waals surface area contributed by atoms with E-state index < -0.39 is 5.41 Å². The van der Waals surface area contributed by atoms with Gasteiger partial charge in [0.1, 0.15) is 24.7 Å². The normalized spacial score (nSPS) is 20.7. The molecule has 3 aliphatic rings. The maximum Gasteiger partial charge on any atom is 0.119 e. The largest absolute Gasteiger partial charge is 0.492 e. The van der Waals surface area contributed by atoms with Crippen LogP contribution < -0.4 is 9.47 Å². The molecule has 2 heterocycles. The number of fused-ring (bicyclic) bond motifs is 7. The minimum atomic E-state index is -0.508. The molecule has 7 aromatic rings. The molecule has 2 fully saturated rings. The second-order valence-corrected chi connectivity index (χ2v) is 15.7. The quantitative estimate of drug-likeness (QED) is 0.153. The van der Waals surface area contributed by atoms with Gasteiger partial charge in [-0.25, -0.2) is 0 Å². The fourth-order valence-corrected chi connectivity index (χ4v) is 8.44. The lowest BCUT2D eigenvalue weighted by atomic mass is 9.66. The highest BCUT2D eigenvalue weighted by Gasteiger charge is 2.47. The molecule has 4 heteroatoms. The van der Waals surface area contributed by atoms with Crippen LogP contribution in [0.2, 0.25) is 0 Å². The predicted molar refractivity (Wildman–Crippen MR) is 200 cm³/mol. The van der Waals surface area contributed by atoms with Gasteiger partial charge in [0.25, 0.3) is 0 Å². The van der Waals surface area contributed by atoms with Crippen LogP contribution in [0.15, 0.2) is 133 Å². The second-order valence-electron chi connectivity index (χ2n) is 13.0. The van der Waals surface area contributed by atoms with Crippen molar-refractivity contribution in [2.45, 2.75) is 15.9 Å². The Morgan fingerprint density at radius 3 is 1.68 bits per heavy atom. The van der Waals surface area contributed by atoms with Crippen LogP contribution >= 0.6 is 23.5 Å². The zero-order valence-corrected chi connectivity index (χ0v) is 27.5. The lowest BCUT2D eigenvalue weighted by molar-refractivity contribution is 0.330. The molecule has 0 amide bonds. The molecule has 1 aliphatic carbocycles. The summed E-state index contributed by atoms with van der Waals surface area (Å²) in [7, 11) is 0. The van der Waals surface area contributed by atoms with Crippen molar-refractivity contribution >= 4 is 55.8 Å². The summed E-state index contributed by atoms with van der Waals surface area (Å²) in [6.45, 7) is 1.57. The van der Waals surface area contributed by atoms with Gasteiger partial charge in [0, 0.05) is 22.0 Å². The third-order valence-electron chi connectivity index (χ3n) is 10.1. The van der Waals surface area contributed by atoms with Crippen molar-refractivity contribution in [1.29, 1.82) is 0 Å². The minimum absolute atomic E-state index is 0.508. The topological polar surface area (TPSA) is 18.5 Å². The van der Waals surface area contributed by atoms with Crippen LogP contribution in [-0.2, 0) is 5.41 Å². The molecule has 7 aromatic carbocycles. The maximum atomic E-state index is 6.15. The number of benzene rings is 7. The van der Waals surface area contributed by atoms with Gasteiger partial charge in [-0.1, -0.05) is 97.1 Å². The molecule has 0 radical (unpaired) electrons. The van der Waals surface area contributed by atoms with Crippen LogP contribution in [0, 0.1) is 0 Å². The third kappa shape index (κ3) is 4.64. The summed E-state index contributed by atoms with van der Waals surface area (Å²) in [6, 6.07) is 49.8. The molecule has 0 spiro atoms. The van der Waals surface area contributed by atoms with Crippen molar-refractivity contribution in [3.63, 3.8) is 0 Å². The van der Waals surface area contributed by atoms with Gasteiger partial charge in [-0.2, -0.15) is 23.5 Å². The van der Waals surface area contributed by atoms with Crippen LogP contribution in [0.25, 0.3) is 43.4 Å². The summed E-state index contributed by atoms with van der Waals surface area (Å²) in [5, 5.41) is 8.69. The first-order valence-corrected chi connectivity index (χ1v) is 18.5. The van der Waals surface area contributed by atoms with E-state index in [0.717, 1.165) is 24.7 Å². The van der Waals surface area contributed by atoms with Crippen LogP contribution in [0.5, 0.6) is 11.5 Å². The van der Waals surface area contributed by atoms with Gasteiger partial charge in [-0.3, -0.25) is 0 Å². The molecule has 47 heavy (non-hydrogen) atoms. The Morgan fingerprint density at radius 2 is 1.04 bits per heavy atom. The van der Waals surface area contributed by atoms with Crippen molar-refractivity contribution in [2.75, 3.05) is 24.7 Å². The van der Waals surface area contributed by atoms with Gasteiger partial charge in [0.15, 0.2) is 0 Å². The van der Waals surface area contributed by atoms with Crippen molar-refractivity contribution in [3.05, 3.63) is 156 Å². The van der Waals surface area contributed by atoms with E-state index in [1.54, 1.807) is 0 Å². The standard InChI is InChI=1S/C43H32O2S2/c1-2-6-38-27(5-1)13-18-40-39-7-3-4-8-41(39)43(42(38)40,32-14-9-30-21-34(16-11-28(30)19-32)44-23-36-25-46-36)33-15-10-31-22-35(17-12-29(31)20-33)45-24-37-26-47-37/h1-22,36-37H,23-26H2. The van der Waals surface area contributed by atoms with E-state index in [-0.39, 0.29) is 0 Å². The van der Waals surface area contributed by atoms with Crippen molar-refractivity contribution in [3.8, 4) is 22.6 Å². The number of thioether (sulfide) groups is 2. The van der Waals surface area contributed by atoms with Crippen LogP contribution in [0.1, 0.15) is 22.3 Å². The highest BCUT2D eigenvalue weighted by atomic mass is 32.2. The average Bonchev–Trinajstić information content (AvgIpc) is 4.07. The van der Waals surface area contributed by atoms with E-state index in [4.69, 9.17) is 9.47 Å². The lowest BCUT2D eigenvalue weighted by Gasteiger charge is -2.35. The van der Waals surface area contributed by atoms with E-state index in [2.05, 4.69) is 133 Å². The highest BCUT2D eigenvalue weighted by Crippen LogP contribution is 2.58. The summed E-state index contributed by atoms with van der Waals surface area (Å²) in [6.07, 6.45) is 0. The molecule has 2 saturated heterocycles. The first kappa shape index (κ1) is 27.7. The third-order valence-corrected chi connectivity index (χ3v) is 12.0. The Kier molecular flexibility index (Phi) is 6.39. The second kappa shape index (κ2) is 10.8. The van der Waals surface area contributed by atoms with E-state index in [1.165, 1.54) is 77.2 Å². The van der Waals surface area contributed by atoms with Crippen LogP contribution in [0.3, 0.4) is 0 Å². The van der Waals surface area contributed by atoms with E-state index >= 15 is 0 Å². The zero-order valence-electron chi connectivity index (χ0n) is 25.8. The van der Waals surface area contributed by atoms with Crippen molar-refractivity contribution in [1.82, 2.24) is 0 Å². The van der Waals surface area contributed by atoms with Crippen molar-refractivity contribution in [2.24, 2.45) is 0 Å². The Balaban J connectivity index is 1.21. The lowest BCUT2D eigenvalue weighted by Crippen LogP contribution is -2.29. The number of ether oxygens (including phenoxy) is 2. The molecule has 2 nitrogen and oxygen atoms in total. The monoisotopic (exact) mass is 644 g/mol. The summed E-state index contributed by atoms with van der Waals surface area (Å²) in [4.78, 5) is 0. The van der Waals surface area contributed by atoms with E-state index in [9.17, 15) is 0 Å². The van der Waals surface area contributed by atoms with Gasteiger partial charge in [-0.15, -0.1) is 0 Å². The molecule has 228 valence electrons. The molecule has 10 rings (SSSR count). The first-order valence-electron chi connectivity index (χ1n) is 16.4. The Labute approximate surface area is 283 Å². The van der Waals surface area contributed by atoms with Crippen molar-refractivity contribution < 1.29 is 9.47 Å². The molecule has 2 atom stereocenters.